The third-order valence-electron chi connectivity index (χ3n) is 4.30. The second-order valence-corrected chi connectivity index (χ2v) is 5.96. The second-order valence-electron chi connectivity index (χ2n) is 5.96. The van der Waals surface area contributed by atoms with Crippen molar-refractivity contribution in [3.05, 3.63) is 34.4 Å². The summed E-state index contributed by atoms with van der Waals surface area (Å²) in [5.41, 5.74) is 4.73. The van der Waals surface area contributed by atoms with Gasteiger partial charge in [-0.15, -0.1) is 0 Å². The smallest absolute Gasteiger partial charge is 0.255 e. The van der Waals surface area contributed by atoms with Crippen LogP contribution in [0.2, 0.25) is 0 Å². The minimum atomic E-state index is -0.0864. The van der Waals surface area contributed by atoms with Gasteiger partial charge in [-0.3, -0.25) is 14.2 Å². The van der Waals surface area contributed by atoms with Gasteiger partial charge in [0.05, 0.1) is 23.5 Å². The first-order valence-corrected chi connectivity index (χ1v) is 8.27. The van der Waals surface area contributed by atoms with Crippen LogP contribution in [0.4, 0.5) is 0 Å². The number of carbonyl (C=O) groups is 1. The van der Waals surface area contributed by atoms with E-state index in [1.54, 1.807) is 6.20 Å². The highest BCUT2D eigenvalue weighted by molar-refractivity contribution is 5.95. The minimum Gasteiger partial charge on any atom is -0.345 e. The van der Waals surface area contributed by atoms with E-state index in [-0.39, 0.29) is 11.9 Å². The standard InChI is InChI=1S/C17H27N5O/c1-7-9-22-13(5)15(10-18-22)17(23)19-11(3)16-12(4)20-21(8-2)14(16)6/h10-11H,7-9H2,1-6H3,(H,19,23). The molecule has 0 spiro atoms. The zero-order chi connectivity index (χ0) is 17.1. The summed E-state index contributed by atoms with van der Waals surface area (Å²) in [5, 5.41) is 11.9. The first-order chi connectivity index (χ1) is 10.9. The summed E-state index contributed by atoms with van der Waals surface area (Å²) in [7, 11) is 0. The zero-order valence-electron chi connectivity index (χ0n) is 15.0. The molecule has 2 heterocycles. The van der Waals surface area contributed by atoms with Crippen molar-refractivity contribution in [1.82, 2.24) is 24.9 Å². The van der Waals surface area contributed by atoms with Crippen molar-refractivity contribution in [2.75, 3.05) is 0 Å². The van der Waals surface area contributed by atoms with Crippen LogP contribution >= 0.6 is 0 Å². The number of aromatic nitrogens is 4. The van der Waals surface area contributed by atoms with Crippen LogP contribution in [0, 0.1) is 20.8 Å². The predicted octanol–water partition coefficient (Wildman–Crippen LogP) is 2.93. The quantitative estimate of drug-likeness (QED) is 0.891. The average Bonchev–Trinajstić information content (AvgIpc) is 3.00. The first kappa shape index (κ1) is 17.2. The first-order valence-electron chi connectivity index (χ1n) is 8.27. The maximum atomic E-state index is 12.6. The lowest BCUT2D eigenvalue weighted by Gasteiger charge is -2.15. The molecule has 2 aromatic rings. The summed E-state index contributed by atoms with van der Waals surface area (Å²) in [6.45, 7) is 13.8. The van der Waals surface area contributed by atoms with Crippen molar-refractivity contribution in [3.8, 4) is 0 Å². The molecule has 2 aromatic heterocycles. The van der Waals surface area contributed by atoms with Gasteiger partial charge in [0.15, 0.2) is 0 Å². The molecule has 0 aromatic carbocycles. The van der Waals surface area contributed by atoms with Crippen LogP contribution < -0.4 is 5.32 Å². The normalized spacial score (nSPS) is 12.4. The zero-order valence-corrected chi connectivity index (χ0v) is 15.0. The van der Waals surface area contributed by atoms with Crippen LogP contribution in [0.1, 0.15) is 66.2 Å². The largest absolute Gasteiger partial charge is 0.345 e. The number of nitrogens with one attached hydrogen (secondary N) is 1. The van der Waals surface area contributed by atoms with Gasteiger partial charge in [-0.1, -0.05) is 6.92 Å². The van der Waals surface area contributed by atoms with Gasteiger partial charge in [-0.2, -0.15) is 10.2 Å². The molecule has 1 atom stereocenters. The van der Waals surface area contributed by atoms with Crippen LogP contribution in [-0.2, 0) is 13.1 Å². The molecular formula is C17H27N5O. The molecule has 0 aliphatic heterocycles. The van der Waals surface area contributed by atoms with E-state index in [0.29, 0.717) is 5.56 Å². The lowest BCUT2D eigenvalue weighted by molar-refractivity contribution is 0.0939. The van der Waals surface area contributed by atoms with Crippen molar-refractivity contribution in [2.24, 2.45) is 0 Å². The van der Waals surface area contributed by atoms with Crippen LogP contribution in [-0.4, -0.2) is 25.5 Å². The fraction of sp³-hybridized carbons (Fsp3) is 0.588. The third kappa shape index (κ3) is 3.30. The fourth-order valence-electron chi connectivity index (χ4n) is 3.10. The Hall–Kier alpha value is -2.11. The molecule has 23 heavy (non-hydrogen) atoms. The summed E-state index contributed by atoms with van der Waals surface area (Å²) in [6, 6.07) is -0.0864. The third-order valence-corrected chi connectivity index (χ3v) is 4.30. The van der Waals surface area contributed by atoms with Gasteiger partial charge >= 0.3 is 0 Å². The maximum Gasteiger partial charge on any atom is 0.255 e. The molecule has 2 rings (SSSR count). The molecule has 0 aliphatic carbocycles. The number of rotatable bonds is 6. The lowest BCUT2D eigenvalue weighted by Crippen LogP contribution is -2.27. The highest BCUT2D eigenvalue weighted by Gasteiger charge is 2.21. The summed E-state index contributed by atoms with van der Waals surface area (Å²) in [5.74, 6) is -0.0830. The number of carbonyl (C=O) groups excluding carboxylic acids is 1. The SMILES string of the molecule is CCCn1ncc(C(=O)NC(C)c2c(C)nn(CC)c2C)c1C. The van der Waals surface area contributed by atoms with Crippen molar-refractivity contribution < 1.29 is 4.79 Å². The van der Waals surface area contributed by atoms with Crippen molar-refractivity contribution >= 4 is 5.91 Å². The molecule has 1 N–H and O–H groups in total. The number of hydrogen-bond donors (Lipinski definition) is 1. The highest BCUT2D eigenvalue weighted by Crippen LogP contribution is 2.22. The molecule has 126 valence electrons. The van der Waals surface area contributed by atoms with Crippen molar-refractivity contribution in [1.29, 1.82) is 0 Å². The van der Waals surface area contributed by atoms with E-state index < -0.39 is 0 Å². The Balaban J connectivity index is 2.19. The van der Waals surface area contributed by atoms with Gasteiger partial charge in [0, 0.05) is 30.0 Å². The summed E-state index contributed by atoms with van der Waals surface area (Å²) in [6.07, 6.45) is 2.65. The van der Waals surface area contributed by atoms with E-state index in [1.807, 2.05) is 37.1 Å². The Labute approximate surface area is 137 Å². The molecule has 0 bridgehead atoms. The minimum absolute atomic E-state index is 0.0830. The highest BCUT2D eigenvalue weighted by atomic mass is 16.1. The van der Waals surface area contributed by atoms with Crippen LogP contribution in [0.15, 0.2) is 6.20 Å². The Kier molecular flexibility index (Phi) is 5.23. The molecule has 6 heteroatoms. The van der Waals surface area contributed by atoms with Gasteiger partial charge in [-0.25, -0.2) is 0 Å². The Morgan fingerprint density at radius 1 is 1.22 bits per heavy atom. The van der Waals surface area contributed by atoms with E-state index in [2.05, 4.69) is 29.4 Å². The molecule has 6 nitrogen and oxygen atoms in total. The number of nitrogens with zero attached hydrogens (tertiary/aromatic N) is 4. The monoisotopic (exact) mass is 317 g/mol. The van der Waals surface area contributed by atoms with Gasteiger partial charge < -0.3 is 5.32 Å². The molecule has 1 unspecified atom stereocenters. The molecule has 0 radical (unpaired) electrons. The summed E-state index contributed by atoms with van der Waals surface area (Å²) < 4.78 is 3.85. The summed E-state index contributed by atoms with van der Waals surface area (Å²) >= 11 is 0. The van der Waals surface area contributed by atoms with E-state index in [4.69, 9.17) is 0 Å². The molecule has 0 fully saturated rings. The fourth-order valence-corrected chi connectivity index (χ4v) is 3.10. The molecule has 1 amide bonds. The van der Waals surface area contributed by atoms with Gasteiger partial charge in [0.1, 0.15) is 0 Å². The lowest BCUT2D eigenvalue weighted by atomic mass is 10.1. The van der Waals surface area contributed by atoms with Crippen LogP contribution in [0.25, 0.3) is 0 Å². The topological polar surface area (TPSA) is 64.7 Å². The van der Waals surface area contributed by atoms with Gasteiger partial charge in [0.2, 0.25) is 0 Å². The van der Waals surface area contributed by atoms with Crippen molar-refractivity contribution in [3.63, 3.8) is 0 Å². The van der Waals surface area contributed by atoms with E-state index in [1.165, 1.54) is 0 Å². The Bertz CT molecular complexity index is 698. The second kappa shape index (κ2) is 6.98. The van der Waals surface area contributed by atoms with E-state index in [0.717, 1.165) is 42.2 Å². The Morgan fingerprint density at radius 3 is 2.48 bits per heavy atom. The van der Waals surface area contributed by atoms with Crippen molar-refractivity contribution in [2.45, 2.75) is 67.1 Å². The van der Waals surface area contributed by atoms with Gasteiger partial charge in [0.25, 0.3) is 5.91 Å². The van der Waals surface area contributed by atoms with Crippen LogP contribution in [0.3, 0.4) is 0 Å². The van der Waals surface area contributed by atoms with Crippen LogP contribution in [0.5, 0.6) is 0 Å². The van der Waals surface area contributed by atoms with Gasteiger partial charge in [-0.05, 0) is 41.0 Å². The predicted molar refractivity (Wildman–Crippen MR) is 90.5 cm³/mol. The number of aryl methyl sites for hydroxylation is 3. The number of amides is 1. The molecule has 0 aliphatic rings. The van der Waals surface area contributed by atoms with E-state index in [9.17, 15) is 4.79 Å². The number of hydrogen-bond acceptors (Lipinski definition) is 3. The Morgan fingerprint density at radius 2 is 1.91 bits per heavy atom. The van der Waals surface area contributed by atoms with E-state index >= 15 is 0 Å². The summed E-state index contributed by atoms with van der Waals surface area (Å²) in [4.78, 5) is 12.6. The molecular weight excluding hydrogens is 290 g/mol. The average molecular weight is 317 g/mol. The molecule has 0 saturated carbocycles. The molecule has 0 saturated heterocycles. The maximum absolute atomic E-state index is 12.6.